The van der Waals surface area contributed by atoms with E-state index in [0.717, 1.165) is 23.7 Å². The number of anilines is 1. The van der Waals surface area contributed by atoms with Crippen LogP contribution in [-0.4, -0.2) is 13.1 Å². The molecule has 0 aliphatic rings. The van der Waals surface area contributed by atoms with E-state index < -0.39 is 0 Å². The van der Waals surface area contributed by atoms with Gasteiger partial charge in [-0.15, -0.1) is 0 Å². The molecule has 2 rings (SSSR count). The molecule has 1 unspecified atom stereocenters. The highest BCUT2D eigenvalue weighted by Gasteiger charge is 2.08. The summed E-state index contributed by atoms with van der Waals surface area (Å²) in [7, 11) is 2.06. The van der Waals surface area contributed by atoms with Gasteiger partial charge in [0, 0.05) is 19.6 Å². The molecule has 2 aromatic carbocycles. The zero-order valence-corrected chi connectivity index (χ0v) is 13.7. The Bertz CT molecular complexity index is 608. The number of halogens is 1. The van der Waals surface area contributed by atoms with Crippen LogP contribution in [0.2, 0.25) is 5.02 Å². The molecule has 0 aliphatic heterocycles. The molecule has 0 saturated heterocycles. The van der Waals surface area contributed by atoms with Crippen molar-refractivity contribution in [2.75, 3.05) is 11.9 Å². The van der Waals surface area contributed by atoms with Crippen LogP contribution in [0.5, 0.6) is 0 Å². The summed E-state index contributed by atoms with van der Waals surface area (Å²) in [5.41, 5.74) is 10.6. The molecule has 2 nitrogen and oxygen atoms in total. The SMILES string of the molecule is Cc1cccc(CN(C)c2ccc(CC(C)N)cc2Cl)c1. The van der Waals surface area contributed by atoms with Gasteiger partial charge in [-0.05, 0) is 43.5 Å². The van der Waals surface area contributed by atoms with E-state index >= 15 is 0 Å². The summed E-state index contributed by atoms with van der Waals surface area (Å²) in [4.78, 5) is 2.17. The lowest BCUT2D eigenvalue weighted by atomic mass is 10.1. The van der Waals surface area contributed by atoms with Gasteiger partial charge in [0.25, 0.3) is 0 Å². The first-order valence-electron chi connectivity index (χ1n) is 7.26. The van der Waals surface area contributed by atoms with E-state index in [2.05, 4.69) is 55.3 Å². The smallest absolute Gasteiger partial charge is 0.0642 e. The van der Waals surface area contributed by atoms with Gasteiger partial charge in [0.15, 0.2) is 0 Å². The summed E-state index contributed by atoms with van der Waals surface area (Å²) < 4.78 is 0. The molecule has 112 valence electrons. The normalized spacial score (nSPS) is 12.2. The van der Waals surface area contributed by atoms with Gasteiger partial charge >= 0.3 is 0 Å². The fourth-order valence-electron chi connectivity index (χ4n) is 2.53. The Hall–Kier alpha value is -1.51. The van der Waals surface area contributed by atoms with Crippen molar-refractivity contribution in [3.05, 3.63) is 64.2 Å². The van der Waals surface area contributed by atoms with Crippen molar-refractivity contribution in [3.63, 3.8) is 0 Å². The first kappa shape index (κ1) is 15.9. The van der Waals surface area contributed by atoms with E-state index in [9.17, 15) is 0 Å². The van der Waals surface area contributed by atoms with Crippen molar-refractivity contribution in [2.45, 2.75) is 32.9 Å². The van der Waals surface area contributed by atoms with Crippen molar-refractivity contribution in [1.29, 1.82) is 0 Å². The van der Waals surface area contributed by atoms with Crippen LogP contribution in [0.4, 0.5) is 5.69 Å². The third-order valence-corrected chi connectivity index (χ3v) is 3.79. The van der Waals surface area contributed by atoms with Crippen LogP contribution in [-0.2, 0) is 13.0 Å². The van der Waals surface area contributed by atoms with Gasteiger partial charge in [-0.3, -0.25) is 0 Å². The van der Waals surface area contributed by atoms with Gasteiger partial charge in [-0.2, -0.15) is 0 Å². The number of rotatable bonds is 5. The second kappa shape index (κ2) is 6.97. The van der Waals surface area contributed by atoms with Gasteiger partial charge in [0.2, 0.25) is 0 Å². The first-order chi connectivity index (χ1) is 9.95. The lowest BCUT2D eigenvalue weighted by Gasteiger charge is -2.21. The summed E-state index contributed by atoms with van der Waals surface area (Å²) in [6, 6.07) is 14.9. The number of nitrogens with two attached hydrogens (primary N) is 1. The molecule has 21 heavy (non-hydrogen) atoms. The average Bonchev–Trinajstić information content (AvgIpc) is 2.37. The molecule has 1 atom stereocenters. The summed E-state index contributed by atoms with van der Waals surface area (Å²) in [5, 5.41) is 0.781. The van der Waals surface area contributed by atoms with Gasteiger partial charge in [0.1, 0.15) is 0 Å². The minimum atomic E-state index is 0.150. The number of nitrogens with zero attached hydrogens (tertiary/aromatic N) is 1. The lowest BCUT2D eigenvalue weighted by molar-refractivity contribution is 0.738. The maximum absolute atomic E-state index is 6.42. The molecule has 0 heterocycles. The largest absolute Gasteiger partial charge is 0.369 e. The zero-order chi connectivity index (χ0) is 15.4. The van der Waals surface area contributed by atoms with Crippen LogP contribution in [0, 0.1) is 6.92 Å². The van der Waals surface area contributed by atoms with Crippen molar-refractivity contribution in [1.82, 2.24) is 0 Å². The van der Waals surface area contributed by atoms with Crippen molar-refractivity contribution in [3.8, 4) is 0 Å². The maximum atomic E-state index is 6.42. The molecule has 0 aromatic heterocycles. The van der Waals surface area contributed by atoms with E-state index in [-0.39, 0.29) is 6.04 Å². The molecule has 0 saturated carbocycles. The van der Waals surface area contributed by atoms with Gasteiger partial charge in [-0.1, -0.05) is 47.5 Å². The Balaban J connectivity index is 2.13. The summed E-state index contributed by atoms with van der Waals surface area (Å²) in [6.45, 7) is 4.96. The van der Waals surface area contributed by atoms with Gasteiger partial charge in [0.05, 0.1) is 10.7 Å². The molecule has 0 fully saturated rings. The standard InChI is InChI=1S/C18H23ClN2/c1-13-5-4-6-16(9-13)12-21(3)18-8-7-15(10-14(2)20)11-17(18)19/h4-9,11,14H,10,12,20H2,1-3H3. The molecular weight excluding hydrogens is 280 g/mol. The summed E-state index contributed by atoms with van der Waals surface area (Å²) in [5.74, 6) is 0. The van der Waals surface area contributed by atoms with Crippen LogP contribution < -0.4 is 10.6 Å². The highest BCUT2D eigenvalue weighted by molar-refractivity contribution is 6.33. The third kappa shape index (κ3) is 4.48. The third-order valence-electron chi connectivity index (χ3n) is 3.48. The second-order valence-corrected chi connectivity index (χ2v) is 6.22. The minimum absolute atomic E-state index is 0.150. The molecule has 2 aromatic rings. The molecule has 0 amide bonds. The molecule has 0 radical (unpaired) electrons. The minimum Gasteiger partial charge on any atom is -0.369 e. The highest BCUT2D eigenvalue weighted by atomic mass is 35.5. The zero-order valence-electron chi connectivity index (χ0n) is 12.9. The van der Waals surface area contributed by atoms with Crippen molar-refractivity contribution in [2.24, 2.45) is 5.73 Å². The number of hydrogen-bond donors (Lipinski definition) is 1. The molecular formula is C18H23ClN2. The predicted octanol–water partition coefficient (Wildman–Crippen LogP) is 4.17. The molecule has 0 bridgehead atoms. The van der Waals surface area contributed by atoms with Crippen molar-refractivity contribution >= 4 is 17.3 Å². The maximum Gasteiger partial charge on any atom is 0.0642 e. The quantitative estimate of drug-likeness (QED) is 0.898. The van der Waals surface area contributed by atoms with E-state index in [1.54, 1.807) is 0 Å². The van der Waals surface area contributed by atoms with Crippen LogP contribution in [0.25, 0.3) is 0 Å². The number of hydrogen-bond acceptors (Lipinski definition) is 2. The van der Waals surface area contributed by atoms with E-state index in [0.29, 0.717) is 0 Å². The molecule has 3 heteroatoms. The number of benzene rings is 2. The monoisotopic (exact) mass is 302 g/mol. The summed E-state index contributed by atoms with van der Waals surface area (Å²) in [6.07, 6.45) is 0.849. The topological polar surface area (TPSA) is 29.3 Å². The Morgan fingerprint density at radius 3 is 2.52 bits per heavy atom. The lowest BCUT2D eigenvalue weighted by Crippen LogP contribution is -2.19. The van der Waals surface area contributed by atoms with Crippen LogP contribution in [0.3, 0.4) is 0 Å². The van der Waals surface area contributed by atoms with Crippen LogP contribution in [0.15, 0.2) is 42.5 Å². The van der Waals surface area contributed by atoms with Gasteiger partial charge < -0.3 is 10.6 Å². The second-order valence-electron chi connectivity index (χ2n) is 5.81. The van der Waals surface area contributed by atoms with E-state index in [1.807, 2.05) is 13.0 Å². The Labute approximate surface area is 132 Å². The number of aryl methyl sites for hydroxylation is 1. The fourth-order valence-corrected chi connectivity index (χ4v) is 2.88. The fraction of sp³-hybridized carbons (Fsp3) is 0.333. The molecule has 0 aliphatic carbocycles. The predicted molar refractivity (Wildman–Crippen MR) is 92.1 cm³/mol. The van der Waals surface area contributed by atoms with Crippen molar-refractivity contribution < 1.29 is 0 Å². The Kier molecular flexibility index (Phi) is 5.27. The summed E-state index contributed by atoms with van der Waals surface area (Å²) >= 11 is 6.42. The molecule has 0 spiro atoms. The Morgan fingerprint density at radius 1 is 1.14 bits per heavy atom. The van der Waals surface area contributed by atoms with Crippen LogP contribution in [0.1, 0.15) is 23.6 Å². The average molecular weight is 303 g/mol. The van der Waals surface area contributed by atoms with Crippen LogP contribution >= 0.6 is 11.6 Å². The van der Waals surface area contributed by atoms with Gasteiger partial charge in [-0.25, -0.2) is 0 Å². The highest BCUT2D eigenvalue weighted by Crippen LogP contribution is 2.27. The Morgan fingerprint density at radius 2 is 1.90 bits per heavy atom. The molecule has 2 N–H and O–H groups in total. The van der Waals surface area contributed by atoms with E-state index in [4.69, 9.17) is 17.3 Å². The van der Waals surface area contributed by atoms with E-state index in [1.165, 1.54) is 16.7 Å². The first-order valence-corrected chi connectivity index (χ1v) is 7.64.